The Hall–Kier alpha value is -1.39. The minimum absolute atomic E-state index is 0.0988. The Morgan fingerprint density at radius 3 is 2.71 bits per heavy atom. The molecule has 0 bridgehead atoms. The van der Waals surface area contributed by atoms with Gasteiger partial charge in [-0.15, -0.1) is 0 Å². The molecule has 0 spiro atoms. The van der Waals surface area contributed by atoms with Crippen LogP contribution in [0.15, 0.2) is 24.3 Å². The van der Waals surface area contributed by atoms with Gasteiger partial charge in [-0.1, -0.05) is 25.0 Å². The molecule has 1 aromatic carbocycles. The Kier molecular flexibility index (Phi) is 4.56. The zero-order valence-corrected chi connectivity index (χ0v) is 12.6. The fraction of sp³-hybridized carbons (Fsp3) is 0.588. The van der Waals surface area contributed by atoms with Gasteiger partial charge in [-0.25, -0.2) is 0 Å². The van der Waals surface area contributed by atoms with E-state index in [1.54, 1.807) is 0 Å². The van der Waals surface area contributed by atoms with Crippen LogP contribution < -0.4 is 11.1 Å². The number of anilines is 1. The van der Waals surface area contributed by atoms with Crippen molar-refractivity contribution in [3.8, 4) is 0 Å². The Morgan fingerprint density at radius 1 is 1.19 bits per heavy atom. The number of nitrogens with two attached hydrogens (primary N) is 1. The third kappa shape index (κ3) is 3.44. The van der Waals surface area contributed by atoms with Crippen molar-refractivity contribution < 1.29 is 4.79 Å². The molecule has 1 amide bonds. The second-order valence-electron chi connectivity index (χ2n) is 6.32. The van der Waals surface area contributed by atoms with Gasteiger partial charge in [0.2, 0.25) is 5.91 Å². The van der Waals surface area contributed by atoms with Gasteiger partial charge >= 0.3 is 0 Å². The molecule has 2 atom stereocenters. The summed E-state index contributed by atoms with van der Waals surface area (Å²) in [5.74, 6) is 0.928. The molecule has 114 valence electrons. The summed E-state index contributed by atoms with van der Waals surface area (Å²) in [6, 6.07) is 8.41. The highest BCUT2D eigenvalue weighted by molar-refractivity contribution is 5.92. The predicted octanol–water partition coefficient (Wildman–Crippen LogP) is 2.35. The van der Waals surface area contributed by atoms with Crippen LogP contribution in [0.25, 0.3) is 0 Å². The molecular formula is C17H25N3O. The Labute approximate surface area is 126 Å². The summed E-state index contributed by atoms with van der Waals surface area (Å²) in [5, 5.41) is 2.99. The fourth-order valence-corrected chi connectivity index (χ4v) is 3.81. The third-order valence-electron chi connectivity index (χ3n) is 4.95. The van der Waals surface area contributed by atoms with Crippen molar-refractivity contribution in [2.75, 3.05) is 18.4 Å². The lowest BCUT2D eigenvalue weighted by Crippen LogP contribution is -2.39. The van der Waals surface area contributed by atoms with Gasteiger partial charge in [-0.05, 0) is 49.4 Å². The van der Waals surface area contributed by atoms with Crippen LogP contribution in [0, 0.1) is 5.92 Å². The van der Waals surface area contributed by atoms with E-state index in [0.717, 1.165) is 23.7 Å². The molecule has 2 aliphatic rings. The molecule has 3 rings (SSSR count). The molecule has 1 aliphatic carbocycles. The maximum atomic E-state index is 12.2. The van der Waals surface area contributed by atoms with Crippen molar-refractivity contribution in [1.29, 1.82) is 0 Å². The van der Waals surface area contributed by atoms with Gasteiger partial charge in [0.05, 0.1) is 6.54 Å². The SMILES string of the molecule is NCc1ccc(NC(=O)CN2CCC3CCCCC32)cc1. The second kappa shape index (κ2) is 6.58. The lowest BCUT2D eigenvalue weighted by Gasteiger charge is -2.31. The van der Waals surface area contributed by atoms with Crippen molar-refractivity contribution >= 4 is 11.6 Å². The van der Waals surface area contributed by atoms with Gasteiger partial charge in [0.1, 0.15) is 0 Å². The zero-order chi connectivity index (χ0) is 14.7. The van der Waals surface area contributed by atoms with E-state index in [9.17, 15) is 4.79 Å². The highest BCUT2D eigenvalue weighted by atomic mass is 16.2. The molecule has 21 heavy (non-hydrogen) atoms. The minimum Gasteiger partial charge on any atom is -0.326 e. The normalized spacial score (nSPS) is 25.6. The summed E-state index contributed by atoms with van der Waals surface area (Å²) < 4.78 is 0. The molecule has 1 aliphatic heterocycles. The summed E-state index contributed by atoms with van der Waals surface area (Å²) in [7, 11) is 0. The predicted molar refractivity (Wildman–Crippen MR) is 84.9 cm³/mol. The lowest BCUT2D eigenvalue weighted by atomic mass is 9.85. The molecule has 2 fully saturated rings. The van der Waals surface area contributed by atoms with E-state index in [4.69, 9.17) is 5.73 Å². The Morgan fingerprint density at radius 2 is 1.95 bits per heavy atom. The van der Waals surface area contributed by atoms with Crippen LogP contribution in [0.1, 0.15) is 37.7 Å². The molecule has 4 heteroatoms. The highest BCUT2D eigenvalue weighted by Crippen LogP contribution is 2.35. The first-order valence-electron chi connectivity index (χ1n) is 8.09. The summed E-state index contributed by atoms with van der Waals surface area (Å²) >= 11 is 0. The van der Waals surface area contributed by atoms with Gasteiger partial charge in [0, 0.05) is 18.3 Å². The average Bonchev–Trinajstić information content (AvgIpc) is 2.91. The van der Waals surface area contributed by atoms with Crippen LogP contribution in [0.2, 0.25) is 0 Å². The van der Waals surface area contributed by atoms with E-state index in [1.807, 2.05) is 24.3 Å². The van der Waals surface area contributed by atoms with Gasteiger partial charge in [-0.2, -0.15) is 0 Å². The molecular weight excluding hydrogens is 262 g/mol. The summed E-state index contributed by atoms with van der Waals surface area (Å²) in [6.45, 7) is 2.14. The first-order chi connectivity index (χ1) is 10.3. The maximum absolute atomic E-state index is 12.2. The zero-order valence-electron chi connectivity index (χ0n) is 12.6. The van der Waals surface area contributed by atoms with Crippen LogP contribution in [0.4, 0.5) is 5.69 Å². The topological polar surface area (TPSA) is 58.4 Å². The van der Waals surface area contributed by atoms with E-state index >= 15 is 0 Å². The number of fused-ring (bicyclic) bond motifs is 1. The lowest BCUT2D eigenvalue weighted by molar-refractivity contribution is -0.117. The Bertz CT molecular complexity index is 485. The molecule has 1 heterocycles. The smallest absolute Gasteiger partial charge is 0.238 e. The number of hydrogen-bond acceptors (Lipinski definition) is 3. The standard InChI is InChI=1S/C17H25N3O/c18-11-13-5-7-15(8-6-13)19-17(21)12-20-10-9-14-3-1-2-4-16(14)20/h5-8,14,16H,1-4,9-12,18H2,(H,19,21). The second-order valence-corrected chi connectivity index (χ2v) is 6.32. The third-order valence-corrected chi connectivity index (χ3v) is 4.95. The number of hydrogen-bond donors (Lipinski definition) is 2. The number of likely N-dealkylation sites (tertiary alicyclic amines) is 1. The van der Waals surface area contributed by atoms with Crippen molar-refractivity contribution in [2.45, 2.75) is 44.7 Å². The van der Waals surface area contributed by atoms with Crippen molar-refractivity contribution in [3.63, 3.8) is 0 Å². The molecule has 3 N–H and O–H groups in total. The number of rotatable bonds is 4. The number of nitrogens with zero attached hydrogens (tertiary/aromatic N) is 1. The molecule has 0 aromatic heterocycles. The van der Waals surface area contributed by atoms with Gasteiger partial charge in [0.15, 0.2) is 0 Å². The van der Waals surface area contributed by atoms with Crippen molar-refractivity contribution in [2.24, 2.45) is 11.7 Å². The Balaban J connectivity index is 1.53. The minimum atomic E-state index is 0.0988. The monoisotopic (exact) mass is 287 g/mol. The van der Waals surface area contributed by atoms with E-state index in [0.29, 0.717) is 19.1 Å². The number of nitrogens with one attached hydrogen (secondary N) is 1. The molecule has 1 aromatic rings. The number of carbonyl (C=O) groups excluding carboxylic acids is 1. The van der Waals surface area contributed by atoms with Crippen LogP contribution >= 0.6 is 0 Å². The van der Waals surface area contributed by atoms with Gasteiger partial charge in [0.25, 0.3) is 0 Å². The van der Waals surface area contributed by atoms with Crippen LogP contribution in [-0.4, -0.2) is 29.9 Å². The number of carbonyl (C=O) groups is 1. The summed E-state index contributed by atoms with van der Waals surface area (Å²) in [4.78, 5) is 14.6. The van der Waals surface area contributed by atoms with Crippen LogP contribution in [0.5, 0.6) is 0 Å². The van der Waals surface area contributed by atoms with E-state index < -0.39 is 0 Å². The van der Waals surface area contributed by atoms with E-state index in [-0.39, 0.29) is 5.91 Å². The molecule has 4 nitrogen and oxygen atoms in total. The summed E-state index contributed by atoms with van der Waals surface area (Å²) in [5.41, 5.74) is 7.52. The van der Waals surface area contributed by atoms with Crippen LogP contribution in [-0.2, 0) is 11.3 Å². The summed E-state index contributed by atoms with van der Waals surface area (Å²) in [6.07, 6.45) is 6.57. The van der Waals surface area contributed by atoms with Gasteiger partial charge < -0.3 is 11.1 Å². The quantitative estimate of drug-likeness (QED) is 0.893. The molecule has 1 saturated heterocycles. The highest BCUT2D eigenvalue weighted by Gasteiger charge is 2.36. The first kappa shape index (κ1) is 14.5. The fourth-order valence-electron chi connectivity index (χ4n) is 3.81. The largest absolute Gasteiger partial charge is 0.326 e. The van der Waals surface area contributed by atoms with E-state index in [1.165, 1.54) is 32.1 Å². The molecule has 0 radical (unpaired) electrons. The van der Waals surface area contributed by atoms with E-state index in [2.05, 4.69) is 10.2 Å². The molecule has 2 unspecified atom stereocenters. The maximum Gasteiger partial charge on any atom is 0.238 e. The number of amides is 1. The average molecular weight is 287 g/mol. The van der Waals surface area contributed by atoms with Crippen molar-refractivity contribution in [3.05, 3.63) is 29.8 Å². The van der Waals surface area contributed by atoms with Crippen molar-refractivity contribution in [1.82, 2.24) is 4.90 Å². The van der Waals surface area contributed by atoms with Crippen LogP contribution in [0.3, 0.4) is 0 Å². The van der Waals surface area contributed by atoms with Gasteiger partial charge in [-0.3, -0.25) is 9.69 Å². The molecule has 1 saturated carbocycles. The number of benzene rings is 1. The first-order valence-corrected chi connectivity index (χ1v) is 8.09.